The monoisotopic (exact) mass is 484 g/mol. The fraction of sp³-hybridized carbons (Fsp3) is 0.179. The van der Waals surface area contributed by atoms with Gasteiger partial charge in [-0.05, 0) is 67.9 Å². The van der Waals surface area contributed by atoms with Gasteiger partial charge in [0.25, 0.3) is 11.7 Å². The molecule has 0 bridgehead atoms. The van der Waals surface area contributed by atoms with E-state index in [0.29, 0.717) is 41.5 Å². The second kappa shape index (κ2) is 10.2. The van der Waals surface area contributed by atoms with Gasteiger partial charge in [0.2, 0.25) is 0 Å². The summed E-state index contributed by atoms with van der Waals surface area (Å²) in [6, 6.07) is 18.1. The summed E-state index contributed by atoms with van der Waals surface area (Å²) in [6.07, 6.45) is 0. The fourth-order valence-corrected chi connectivity index (χ4v) is 4.18. The second-order valence-electron chi connectivity index (χ2n) is 7.95. The lowest BCUT2D eigenvalue weighted by molar-refractivity contribution is -0.132. The average molecular weight is 485 g/mol. The highest BCUT2D eigenvalue weighted by atomic mass is 16.5. The van der Waals surface area contributed by atoms with Gasteiger partial charge >= 0.3 is 0 Å². The number of phenolic OH excluding ortho intramolecular Hbond substituents is 1. The first kappa shape index (κ1) is 24.4. The number of aliphatic hydroxyl groups excluding tert-OH is 1. The highest BCUT2D eigenvalue weighted by Crippen LogP contribution is 2.44. The molecule has 1 fully saturated rings. The Balaban J connectivity index is 1.94. The summed E-state index contributed by atoms with van der Waals surface area (Å²) in [5, 5.41) is 30.7. The number of anilines is 1. The van der Waals surface area contributed by atoms with E-state index >= 15 is 0 Å². The SMILES string of the molecule is CCOc1ccc(/C(O)=C2/C(=O)C(=O)N(c3ccc(C#N)cc3)C2c2cccc(O)c2)c(OCC)c1. The molecule has 1 atom stereocenters. The van der Waals surface area contributed by atoms with Crippen LogP contribution >= 0.6 is 0 Å². The molecular formula is C28H24N2O6. The lowest BCUT2D eigenvalue weighted by atomic mass is 9.94. The van der Waals surface area contributed by atoms with E-state index in [9.17, 15) is 19.8 Å². The van der Waals surface area contributed by atoms with Crippen LogP contribution in [-0.4, -0.2) is 35.1 Å². The standard InChI is InChI=1S/C28H24N2O6/c1-3-35-21-12-13-22(23(15-21)36-4-2)26(32)24-25(18-6-5-7-20(31)14-18)30(28(34)27(24)33)19-10-8-17(16-29)9-11-19/h5-15,25,31-32H,3-4H2,1-2H3/b26-24-. The van der Waals surface area contributed by atoms with E-state index in [1.54, 1.807) is 49.4 Å². The lowest BCUT2D eigenvalue weighted by Crippen LogP contribution is -2.29. The Morgan fingerprint density at radius 2 is 1.72 bits per heavy atom. The zero-order chi connectivity index (χ0) is 25.8. The number of rotatable bonds is 7. The van der Waals surface area contributed by atoms with E-state index < -0.39 is 23.5 Å². The number of hydrogen-bond donors (Lipinski definition) is 2. The van der Waals surface area contributed by atoms with E-state index in [0.717, 1.165) is 0 Å². The Morgan fingerprint density at radius 3 is 2.36 bits per heavy atom. The van der Waals surface area contributed by atoms with Crippen LogP contribution in [0.1, 0.15) is 36.6 Å². The third-order valence-electron chi connectivity index (χ3n) is 5.72. The summed E-state index contributed by atoms with van der Waals surface area (Å²) in [5.74, 6) is -1.39. The van der Waals surface area contributed by atoms with Crippen molar-refractivity contribution < 1.29 is 29.3 Å². The average Bonchev–Trinajstić information content (AvgIpc) is 3.14. The first-order valence-corrected chi connectivity index (χ1v) is 11.4. The van der Waals surface area contributed by atoms with Crippen molar-refractivity contribution in [1.29, 1.82) is 5.26 Å². The van der Waals surface area contributed by atoms with E-state index in [-0.39, 0.29) is 16.9 Å². The molecule has 8 nitrogen and oxygen atoms in total. The molecule has 1 amide bonds. The molecular weight excluding hydrogens is 460 g/mol. The lowest BCUT2D eigenvalue weighted by Gasteiger charge is -2.25. The molecule has 1 heterocycles. The van der Waals surface area contributed by atoms with Crippen LogP contribution in [0.2, 0.25) is 0 Å². The molecule has 1 unspecified atom stereocenters. The van der Waals surface area contributed by atoms with Crippen molar-refractivity contribution in [1.82, 2.24) is 0 Å². The number of ether oxygens (including phenoxy) is 2. The van der Waals surface area contributed by atoms with Crippen LogP contribution in [0.5, 0.6) is 17.2 Å². The number of nitriles is 1. The van der Waals surface area contributed by atoms with Gasteiger partial charge in [0, 0.05) is 11.8 Å². The second-order valence-corrected chi connectivity index (χ2v) is 7.95. The van der Waals surface area contributed by atoms with Gasteiger partial charge in [-0.3, -0.25) is 14.5 Å². The molecule has 0 saturated carbocycles. The normalized spacial score (nSPS) is 16.6. The number of nitrogens with zero attached hydrogens (tertiary/aromatic N) is 2. The van der Waals surface area contributed by atoms with Gasteiger partial charge in [0.15, 0.2) is 0 Å². The Kier molecular flexibility index (Phi) is 6.93. The maximum absolute atomic E-state index is 13.3. The number of ketones is 1. The number of carbonyl (C=O) groups excluding carboxylic acids is 2. The molecule has 4 rings (SSSR count). The summed E-state index contributed by atoms with van der Waals surface area (Å²) in [7, 11) is 0. The molecule has 8 heteroatoms. The van der Waals surface area contributed by atoms with Gasteiger partial charge in [-0.1, -0.05) is 12.1 Å². The first-order valence-electron chi connectivity index (χ1n) is 11.4. The molecule has 1 aliphatic heterocycles. The van der Waals surface area contributed by atoms with Crippen molar-refractivity contribution in [3.05, 3.63) is 89.0 Å². The molecule has 3 aromatic carbocycles. The minimum Gasteiger partial charge on any atom is -0.508 e. The molecule has 1 saturated heterocycles. The Labute approximate surface area is 208 Å². The Morgan fingerprint density at radius 1 is 1.00 bits per heavy atom. The third kappa shape index (κ3) is 4.46. The minimum absolute atomic E-state index is 0.0611. The van der Waals surface area contributed by atoms with Gasteiger partial charge in [0.1, 0.15) is 23.0 Å². The van der Waals surface area contributed by atoms with Gasteiger partial charge < -0.3 is 19.7 Å². The van der Waals surface area contributed by atoms with Crippen molar-refractivity contribution in [2.45, 2.75) is 19.9 Å². The first-order chi connectivity index (χ1) is 17.4. The number of Topliss-reactive ketones (excluding diaryl/α,β-unsaturated/α-hetero) is 1. The van der Waals surface area contributed by atoms with Crippen LogP contribution < -0.4 is 14.4 Å². The molecule has 0 radical (unpaired) electrons. The number of aromatic hydroxyl groups is 1. The molecule has 2 N–H and O–H groups in total. The van der Waals surface area contributed by atoms with Crippen molar-refractivity contribution in [2.24, 2.45) is 0 Å². The molecule has 0 aromatic heterocycles. The number of amides is 1. The van der Waals surface area contributed by atoms with Crippen LogP contribution in [0.3, 0.4) is 0 Å². The Bertz CT molecular complexity index is 1390. The van der Waals surface area contributed by atoms with Crippen molar-refractivity contribution in [3.63, 3.8) is 0 Å². The summed E-state index contributed by atoms with van der Waals surface area (Å²) in [6.45, 7) is 4.36. The predicted molar refractivity (Wildman–Crippen MR) is 133 cm³/mol. The number of phenols is 1. The van der Waals surface area contributed by atoms with Crippen molar-refractivity contribution in [3.8, 4) is 23.3 Å². The fourth-order valence-electron chi connectivity index (χ4n) is 4.18. The molecule has 3 aromatic rings. The largest absolute Gasteiger partial charge is 0.508 e. The van der Waals surface area contributed by atoms with Crippen LogP contribution in [0.4, 0.5) is 5.69 Å². The van der Waals surface area contributed by atoms with Crippen LogP contribution in [0.15, 0.2) is 72.3 Å². The molecule has 36 heavy (non-hydrogen) atoms. The number of carbonyl (C=O) groups is 2. The van der Waals surface area contributed by atoms with Crippen LogP contribution in [0, 0.1) is 11.3 Å². The zero-order valence-corrected chi connectivity index (χ0v) is 19.8. The van der Waals surface area contributed by atoms with Crippen LogP contribution in [0.25, 0.3) is 5.76 Å². The van der Waals surface area contributed by atoms with Crippen molar-refractivity contribution in [2.75, 3.05) is 18.1 Å². The van der Waals surface area contributed by atoms with Gasteiger partial charge in [-0.15, -0.1) is 0 Å². The van der Waals surface area contributed by atoms with E-state index in [4.69, 9.17) is 14.7 Å². The van der Waals surface area contributed by atoms with E-state index in [1.807, 2.05) is 13.0 Å². The summed E-state index contributed by atoms with van der Waals surface area (Å²) in [4.78, 5) is 27.9. The van der Waals surface area contributed by atoms with Gasteiger partial charge in [-0.2, -0.15) is 5.26 Å². The number of hydrogen-bond acceptors (Lipinski definition) is 7. The summed E-state index contributed by atoms with van der Waals surface area (Å²) < 4.78 is 11.2. The van der Waals surface area contributed by atoms with E-state index in [2.05, 4.69) is 0 Å². The Hall–Kier alpha value is -4.77. The third-order valence-corrected chi connectivity index (χ3v) is 5.72. The topological polar surface area (TPSA) is 120 Å². The summed E-state index contributed by atoms with van der Waals surface area (Å²) >= 11 is 0. The van der Waals surface area contributed by atoms with E-state index in [1.165, 1.54) is 29.2 Å². The quantitative estimate of drug-likeness (QED) is 0.284. The van der Waals surface area contributed by atoms with Crippen molar-refractivity contribution >= 4 is 23.1 Å². The smallest absolute Gasteiger partial charge is 0.300 e. The molecule has 0 aliphatic carbocycles. The van der Waals surface area contributed by atoms with Gasteiger partial charge in [-0.25, -0.2) is 0 Å². The number of benzene rings is 3. The maximum Gasteiger partial charge on any atom is 0.300 e. The number of aliphatic hydroxyl groups is 1. The van der Waals surface area contributed by atoms with Gasteiger partial charge in [0.05, 0.1) is 42.0 Å². The molecule has 0 spiro atoms. The highest BCUT2D eigenvalue weighted by molar-refractivity contribution is 6.51. The predicted octanol–water partition coefficient (Wildman–Crippen LogP) is 4.69. The maximum atomic E-state index is 13.3. The molecule has 182 valence electrons. The summed E-state index contributed by atoms with van der Waals surface area (Å²) in [5.41, 5.74) is 1.24. The zero-order valence-electron chi connectivity index (χ0n) is 19.8. The molecule has 1 aliphatic rings. The highest BCUT2D eigenvalue weighted by Gasteiger charge is 2.47. The minimum atomic E-state index is -1.04. The van der Waals surface area contributed by atoms with Crippen LogP contribution in [-0.2, 0) is 9.59 Å².